The Kier molecular flexibility index (Phi) is 5.11. The summed E-state index contributed by atoms with van der Waals surface area (Å²) in [5.41, 5.74) is 13.3. The Morgan fingerprint density at radius 1 is 0.750 bits per heavy atom. The molecule has 5 aromatic rings. The number of ether oxygens (including phenoxy) is 2. The summed E-state index contributed by atoms with van der Waals surface area (Å²) in [6.45, 7) is 0. The average Bonchev–Trinajstić information content (AvgIpc) is 3.19. The van der Waals surface area contributed by atoms with Crippen molar-refractivity contribution in [2.45, 2.75) is 12.8 Å². The molecule has 2 heterocycles. The van der Waals surface area contributed by atoms with Gasteiger partial charge in [-0.2, -0.15) is 0 Å². The number of nitrogens with zero attached hydrogens (tertiary/aromatic N) is 3. The van der Waals surface area contributed by atoms with Gasteiger partial charge in [-0.1, -0.05) is 36.4 Å². The zero-order valence-corrected chi connectivity index (χ0v) is 18.1. The number of para-hydroxylation sites is 2. The van der Waals surface area contributed by atoms with Crippen LogP contribution in [0.15, 0.2) is 72.8 Å². The van der Waals surface area contributed by atoms with E-state index in [1.165, 1.54) is 5.56 Å². The number of methoxy groups -OCH3 is 2. The SMILES string of the molecule is COc1ccc(Cc2nc3c(N)nc4ccccc4n3c2Cc2ccc(OC)cc2)cc1. The minimum atomic E-state index is 0.431. The van der Waals surface area contributed by atoms with Crippen molar-refractivity contribution in [3.05, 3.63) is 95.3 Å². The molecule has 2 aromatic heterocycles. The van der Waals surface area contributed by atoms with E-state index >= 15 is 0 Å². The van der Waals surface area contributed by atoms with Crippen LogP contribution in [0.25, 0.3) is 16.7 Å². The lowest BCUT2D eigenvalue weighted by atomic mass is 10.0. The van der Waals surface area contributed by atoms with Crippen LogP contribution in [0.1, 0.15) is 22.5 Å². The van der Waals surface area contributed by atoms with Gasteiger partial charge < -0.3 is 15.2 Å². The highest BCUT2D eigenvalue weighted by Crippen LogP contribution is 2.27. The first-order chi connectivity index (χ1) is 15.7. The van der Waals surface area contributed by atoms with Crippen LogP contribution in [-0.4, -0.2) is 28.6 Å². The largest absolute Gasteiger partial charge is 0.497 e. The number of nitrogens with two attached hydrogens (primary N) is 1. The molecule has 6 heteroatoms. The van der Waals surface area contributed by atoms with E-state index in [-0.39, 0.29) is 0 Å². The molecular formula is C26H24N4O2. The molecule has 6 nitrogen and oxygen atoms in total. The van der Waals surface area contributed by atoms with E-state index in [4.69, 9.17) is 20.2 Å². The normalized spacial score (nSPS) is 11.2. The van der Waals surface area contributed by atoms with E-state index < -0.39 is 0 Å². The number of rotatable bonds is 6. The molecule has 0 fully saturated rings. The third-order valence-electron chi connectivity index (χ3n) is 5.71. The van der Waals surface area contributed by atoms with Gasteiger partial charge in [0.1, 0.15) is 11.5 Å². The Morgan fingerprint density at radius 3 is 1.97 bits per heavy atom. The van der Waals surface area contributed by atoms with Crippen LogP contribution < -0.4 is 15.2 Å². The molecule has 0 unspecified atom stereocenters. The molecule has 32 heavy (non-hydrogen) atoms. The van der Waals surface area contributed by atoms with Gasteiger partial charge in [-0.25, -0.2) is 9.97 Å². The molecular weight excluding hydrogens is 400 g/mol. The van der Waals surface area contributed by atoms with E-state index in [9.17, 15) is 0 Å². The molecule has 3 aromatic carbocycles. The number of aromatic nitrogens is 3. The molecule has 0 saturated carbocycles. The van der Waals surface area contributed by atoms with Gasteiger partial charge in [-0.15, -0.1) is 0 Å². The first-order valence-corrected chi connectivity index (χ1v) is 10.5. The Labute approximate surface area is 186 Å². The maximum Gasteiger partial charge on any atom is 0.180 e. The van der Waals surface area contributed by atoms with Crippen molar-refractivity contribution < 1.29 is 9.47 Å². The second kappa shape index (κ2) is 8.23. The van der Waals surface area contributed by atoms with Crippen LogP contribution in [0.3, 0.4) is 0 Å². The second-order valence-electron chi connectivity index (χ2n) is 7.70. The molecule has 0 saturated heterocycles. The van der Waals surface area contributed by atoms with Crippen molar-refractivity contribution in [2.24, 2.45) is 0 Å². The molecule has 5 rings (SSSR count). The Hall–Kier alpha value is -4.06. The summed E-state index contributed by atoms with van der Waals surface area (Å²) in [5, 5.41) is 0. The van der Waals surface area contributed by atoms with Gasteiger partial charge in [0.25, 0.3) is 0 Å². The fourth-order valence-electron chi connectivity index (χ4n) is 4.05. The molecule has 0 radical (unpaired) electrons. The number of nitrogen functional groups attached to an aromatic ring is 1. The number of imidazole rings is 1. The van der Waals surface area contributed by atoms with Gasteiger partial charge in [0.2, 0.25) is 0 Å². The van der Waals surface area contributed by atoms with Crippen molar-refractivity contribution in [1.82, 2.24) is 14.4 Å². The van der Waals surface area contributed by atoms with Crippen molar-refractivity contribution in [3.63, 3.8) is 0 Å². The Morgan fingerprint density at radius 2 is 1.34 bits per heavy atom. The van der Waals surface area contributed by atoms with Crippen molar-refractivity contribution in [1.29, 1.82) is 0 Å². The number of hydrogen-bond donors (Lipinski definition) is 1. The number of fused-ring (bicyclic) bond motifs is 3. The Balaban J connectivity index is 1.67. The molecule has 2 N–H and O–H groups in total. The van der Waals surface area contributed by atoms with E-state index in [1.807, 2.05) is 42.5 Å². The third kappa shape index (κ3) is 3.60. The quantitative estimate of drug-likeness (QED) is 0.429. The van der Waals surface area contributed by atoms with E-state index in [0.717, 1.165) is 39.5 Å². The highest BCUT2D eigenvalue weighted by atomic mass is 16.5. The lowest BCUT2D eigenvalue weighted by Gasteiger charge is -2.10. The van der Waals surface area contributed by atoms with Crippen molar-refractivity contribution in [2.75, 3.05) is 20.0 Å². The second-order valence-corrected chi connectivity index (χ2v) is 7.70. The van der Waals surface area contributed by atoms with Crippen LogP contribution in [0.4, 0.5) is 5.82 Å². The molecule has 0 spiro atoms. The average molecular weight is 425 g/mol. The fourth-order valence-corrected chi connectivity index (χ4v) is 4.05. The van der Waals surface area contributed by atoms with Crippen LogP contribution in [0, 0.1) is 0 Å². The molecule has 0 amide bonds. The van der Waals surface area contributed by atoms with Gasteiger partial charge >= 0.3 is 0 Å². The number of hydrogen-bond acceptors (Lipinski definition) is 5. The van der Waals surface area contributed by atoms with Crippen LogP contribution in [-0.2, 0) is 12.8 Å². The summed E-state index contributed by atoms with van der Waals surface area (Å²) >= 11 is 0. The van der Waals surface area contributed by atoms with E-state index in [2.05, 4.69) is 39.7 Å². The monoisotopic (exact) mass is 424 g/mol. The zero-order chi connectivity index (χ0) is 22.1. The lowest BCUT2D eigenvalue weighted by Crippen LogP contribution is -2.03. The van der Waals surface area contributed by atoms with Crippen LogP contribution in [0.2, 0.25) is 0 Å². The van der Waals surface area contributed by atoms with Crippen LogP contribution >= 0.6 is 0 Å². The lowest BCUT2D eigenvalue weighted by molar-refractivity contribution is 0.414. The van der Waals surface area contributed by atoms with E-state index in [1.54, 1.807) is 14.2 Å². The molecule has 160 valence electrons. The molecule has 0 aliphatic heterocycles. The van der Waals surface area contributed by atoms with Gasteiger partial charge in [-0.05, 0) is 47.5 Å². The molecule has 0 aliphatic rings. The predicted molar refractivity (Wildman–Crippen MR) is 127 cm³/mol. The summed E-state index contributed by atoms with van der Waals surface area (Å²) in [4.78, 5) is 9.53. The summed E-state index contributed by atoms with van der Waals surface area (Å²) in [6.07, 6.45) is 1.40. The summed E-state index contributed by atoms with van der Waals surface area (Å²) in [7, 11) is 3.35. The minimum Gasteiger partial charge on any atom is -0.497 e. The number of anilines is 1. The van der Waals surface area contributed by atoms with E-state index in [0.29, 0.717) is 24.3 Å². The van der Waals surface area contributed by atoms with Gasteiger partial charge in [0.05, 0.1) is 36.6 Å². The standard InChI is InChI=1S/C26H24N4O2/c1-31-19-11-7-17(8-12-19)15-22-24(16-18-9-13-20(32-2)14-10-18)30-23-6-4-3-5-21(23)28-25(27)26(30)29-22/h3-14H,15-16H2,1-2H3,(H2,27,28). The smallest absolute Gasteiger partial charge is 0.180 e. The van der Waals surface area contributed by atoms with Crippen molar-refractivity contribution >= 4 is 22.5 Å². The van der Waals surface area contributed by atoms with Crippen molar-refractivity contribution in [3.8, 4) is 11.5 Å². The molecule has 0 atom stereocenters. The molecule has 0 bridgehead atoms. The highest BCUT2D eigenvalue weighted by molar-refractivity contribution is 5.83. The maximum atomic E-state index is 6.34. The number of benzene rings is 3. The fraction of sp³-hybridized carbons (Fsp3) is 0.154. The third-order valence-corrected chi connectivity index (χ3v) is 5.71. The minimum absolute atomic E-state index is 0.431. The predicted octanol–water partition coefficient (Wildman–Crippen LogP) is 4.66. The Bertz CT molecular complexity index is 1390. The summed E-state index contributed by atoms with van der Waals surface area (Å²) < 4.78 is 12.8. The highest BCUT2D eigenvalue weighted by Gasteiger charge is 2.18. The summed E-state index contributed by atoms with van der Waals surface area (Å²) in [6, 6.07) is 24.2. The van der Waals surface area contributed by atoms with Gasteiger partial charge in [-0.3, -0.25) is 4.40 Å². The maximum absolute atomic E-state index is 6.34. The zero-order valence-electron chi connectivity index (χ0n) is 18.1. The molecule has 0 aliphatic carbocycles. The van der Waals surface area contributed by atoms with Crippen LogP contribution in [0.5, 0.6) is 11.5 Å². The summed E-state index contributed by atoms with van der Waals surface area (Å²) in [5.74, 6) is 2.10. The first kappa shape index (κ1) is 19.9. The topological polar surface area (TPSA) is 74.7 Å². The first-order valence-electron chi connectivity index (χ1n) is 10.5. The van der Waals surface area contributed by atoms with Gasteiger partial charge in [0, 0.05) is 12.8 Å². The van der Waals surface area contributed by atoms with Gasteiger partial charge in [0.15, 0.2) is 11.5 Å².